The van der Waals surface area contributed by atoms with Crippen molar-refractivity contribution in [3.63, 3.8) is 0 Å². The number of fused-ring (bicyclic) bond motifs is 1. The molecule has 1 aromatic heterocycles. The zero-order valence-corrected chi connectivity index (χ0v) is 9.64. The van der Waals surface area contributed by atoms with Crippen LogP contribution in [0.1, 0.15) is 34.5 Å². The Labute approximate surface area is 92.0 Å². The van der Waals surface area contributed by atoms with Crippen molar-refractivity contribution < 1.29 is 13.5 Å². The highest BCUT2D eigenvalue weighted by Crippen LogP contribution is 2.34. The Kier molecular flexibility index (Phi) is 2.80. The van der Waals surface area contributed by atoms with Gasteiger partial charge in [0.05, 0.1) is 16.7 Å². The summed E-state index contributed by atoms with van der Waals surface area (Å²) in [5, 5.41) is 15.1. The summed E-state index contributed by atoms with van der Waals surface area (Å²) < 4.78 is 21.8. The second-order valence-electron chi connectivity index (χ2n) is 3.63. The summed E-state index contributed by atoms with van der Waals surface area (Å²) >= 11 is 1.25. The smallest absolute Gasteiger partial charge is 0.215 e. The summed E-state index contributed by atoms with van der Waals surface area (Å²) in [7, 11) is -3.53. The summed E-state index contributed by atoms with van der Waals surface area (Å²) in [5.41, 5.74) is 0.831. The van der Waals surface area contributed by atoms with Crippen LogP contribution in [0.3, 0.4) is 0 Å². The van der Waals surface area contributed by atoms with Crippen LogP contribution in [0, 0.1) is 0 Å². The van der Waals surface area contributed by atoms with Gasteiger partial charge in [-0.3, -0.25) is 0 Å². The monoisotopic (exact) mass is 248 g/mol. The highest BCUT2D eigenvalue weighted by Gasteiger charge is 2.23. The SMILES string of the molecule is NS(=O)(=O)Cc1nc2c(s1)C(O)CCC2. The predicted octanol–water partition coefficient (Wildman–Crippen LogP) is 0.301. The van der Waals surface area contributed by atoms with Crippen molar-refractivity contribution >= 4 is 21.4 Å². The Bertz CT molecular complexity index is 466. The predicted molar refractivity (Wildman–Crippen MR) is 56.8 cm³/mol. The van der Waals surface area contributed by atoms with Gasteiger partial charge < -0.3 is 5.11 Å². The highest BCUT2D eigenvalue weighted by molar-refractivity contribution is 7.88. The maximum atomic E-state index is 10.9. The van der Waals surface area contributed by atoms with E-state index >= 15 is 0 Å². The van der Waals surface area contributed by atoms with Gasteiger partial charge in [-0.15, -0.1) is 11.3 Å². The molecule has 15 heavy (non-hydrogen) atoms. The molecule has 0 saturated carbocycles. The summed E-state index contributed by atoms with van der Waals surface area (Å²) in [4.78, 5) is 4.99. The molecule has 1 aromatic rings. The molecule has 0 aliphatic heterocycles. The van der Waals surface area contributed by atoms with E-state index in [-0.39, 0.29) is 5.75 Å². The third kappa shape index (κ3) is 2.54. The van der Waals surface area contributed by atoms with Crippen LogP contribution in [0.5, 0.6) is 0 Å². The maximum Gasteiger partial charge on any atom is 0.215 e. The first-order valence-electron chi connectivity index (χ1n) is 4.63. The van der Waals surface area contributed by atoms with E-state index in [4.69, 9.17) is 5.14 Å². The second kappa shape index (κ2) is 3.82. The van der Waals surface area contributed by atoms with Crippen LogP contribution < -0.4 is 5.14 Å². The number of rotatable bonds is 2. The van der Waals surface area contributed by atoms with E-state index in [9.17, 15) is 13.5 Å². The number of thiazole rings is 1. The van der Waals surface area contributed by atoms with E-state index in [1.54, 1.807) is 0 Å². The Balaban J connectivity index is 2.29. The summed E-state index contributed by atoms with van der Waals surface area (Å²) in [6.07, 6.45) is 1.95. The normalized spacial score (nSPS) is 21.3. The maximum absolute atomic E-state index is 10.9. The molecule has 3 N–H and O–H groups in total. The number of aromatic nitrogens is 1. The molecule has 7 heteroatoms. The van der Waals surface area contributed by atoms with Crippen LogP contribution in [-0.2, 0) is 22.2 Å². The molecule has 84 valence electrons. The highest BCUT2D eigenvalue weighted by atomic mass is 32.2. The zero-order valence-electron chi connectivity index (χ0n) is 8.01. The van der Waals surface area contributed by atoms with Crippen LogP contribution >= 0.6 is 11.3 Å². The minimum absolute atomic E-state index is 0.239. The largest absolute Gasteiger partial charge is 0.388 e. The zero-order chi connectivity index (χ0) is 11.1. The Morgan fingerprint density at radius 2 is 2.33 bits per heavy atom. The molecule has 1 atom stereocenters. The lowest BCUT2D eigenvalue weighted by atomic mass is 10.0. The Morgan fingerprint density at radius 1 is 1.60 bits per heavy atom. The number of nitrogens with two attached hydrogens (primary N) is 1. The van der Waals surface area contributed by atoms with Gasteiger partial charge in [0.15, 0.2) is 0 Å². The van der Waals surface area contributed by atoms with Crippen molar-refractivity contribution in [2.75, 3.05) is 0 Å². The van der Waals surface area contributed by atoms with Crippen molar-refractivity contribution in [3.05, 3.63) is 15.6 Å². The van der Waals surface area contributed by atoms with E-state index in [1.165, 1.54) is 11.3 Å². The standard InChI is InChI=1S/C8H12N2O3S2/c9-15(12,13)4-7-10-5-2-1-3-6(11)8(5)14-7/h6,11H,1-4H2,(H2,9,12,13). The van der Waals surface area contributed by atoms with E-state index in [2.05, 4.69) is 4.98 Å². The molecule has 1 unspecified atom stereocenters. The number of aryl methyl sites for hydroxylation is 1. The summed E-state index contributed by atoms with van der Waals surface area (Å²) in [6.45, 7) is 0. The topological polar surface area (TPSA) is 93.3 Å². The first-order chi connectivity index (χ1) is 6.96. The van der Waals surface area contributed by atoms with Gasteiger partial charge in [0.2, 0.25) is 10.0 Å². The van der Waals surface area contributed by atoms with Crippen LogP contribution in [-0.4, -0.2) is 18.5 Å². The van der Waals surface area contributed by atoms with Crippen LogP contribution in [0.4, 0.5) is 0 Å². The average molecular weight is 248 g/mol. The minimum Gasteiger partial charge on any atom is -0.388 e. The molecule has 1 aliphatic rings. The quantitative estimate of drug-likeness (QED) is 0.787. The summed E-state index contributed by atoms with van der Waals surface area (Å²) in [6, 6.07) is 0. The minimum atomic E-state index is -3.53. The van der Waals surface area contributed by atoms with Gasteiger partial charge in [-0.1, -0.05) is 0 Å². The molecule has 0 saturated heterocycles. The lowest BCUT2D eigenvalue weighted by molar-refractivity contribution is 0.160. The van der Waals surface area contributed by atoms with Crippen LogP contribution in [0.2, 0.25) is 0 Å². The number of nitrogens with zero attached hydrogens (tertiary/aromatic N) is 1. The lowest BCUT2D eigenvalue weighted by Gasteiger charge is -2.14. The van der Waals surface area contributed by atoms with Crippen molar-refractivity contribution in [1.82, 2.24) is 4.98 Å². The third-order valence-electron chi connectivity index (χ3n) is 2.29. The number of aliphatic hydroxyl groups is 1. The number of hydrogen-bond acceptors (Lipinski definition) is 5. The average Bonchev–Trinajstić information content (AvgIpc) is 2.45. The molecular formula is C8H12N2O3S2. The number of hydrogen-bond donors (Lipinski definition) is 2. The van der Waals surface area contributed by atoms with Crippen LogP contribution in [0.15, 0.2) is 0 Å². The van der Waals surface area contributed by atoms with Gasteiger partial charge in [-0.25, -0.2) is 18.5 Å². The first-order valence-corrected chi connectivity index (χ1v) is 7.16. The molecule has 0 aromatic carbocycles. The fraction of sp³-hybridized carbons (Fsp3) is 0.625. The molecule has 1 aliphatic carbocycles. The number of aliphatic hydroxyl groups excluding tert-OH is 1. The van der Waals surface area contributed by atoms with E-state index < -0.39 is 16.1 Å². The molecule has 1 heterocycles. The van der Waals surface area contributed by atoms with Crippen LogP contribution in [0.25, 0.3) is 0 Å². The third-order valence-corrected chi connectivity index (χ3v) is 4.35. The first kappa shape index (κ1) is 11.0. The lowest BCUT2D eigenvalue weighted by Crippen LogP contribution is -2.14. The van der Waals surface area contributed by atoms with Crippen molar-refractivity contribution in [2.24, 2.45) is 5.14 Å². The van der Waals surface area contributed by atoms with Crippen molar-refractivity contribution in [2.45, 2.75) is 31.1 Å². The van der Waals surface area contributed by atoms with E-state index in [0.717, 1.165) is 29.8 Å². The fourth-order valence-corrected chi connectivity index (χ4v) is 3.75. The molecule has 5 nitrogen and oxygen atoms in total. The molecule has 0 fully saturated rings. The second-order valence-corrected chi connectivity index (χ2v) is 6.36. The Hall–Kier alpha value is -0.500. The molecular weight excluding hydrogens is 236 g/mol. The van der Waals surface area contributed by atoms with Crippen molar-refractivity contribution in [1.29, 1.82) is 0 Å². The van der Waals surface area contributed by atoms with E-state index in [0.29, 0.717) is 5.01 Å². The van der Waals surface area contributed by atoms with Gasteiger partial charge in [0.1, 0.15) is 10.8 Å². The fourth-order valence-electron chi connectivity index (χ4n) is 1.68. The molecule has 0 bridgehead atoms. The van der Waals surface area contributed by atoms with Gasteiger partial charge in [-0.05, 0) is 19.3 Å². The van der Waals surface area contributed by atoms with Gasteiger partial charge in [0, 0.05) is 0 Å². The summed E-state index contributed by atoms with van der Waals surface area (Å²) in [5.74, 6) is -0.239. The van der Waals surface area contributed by atoms with E-state index in [1.807, 2.05) is 0 Å². The van der Waals surface area contributed by atoms with Gasteiger partial charge >= 0.3 is 0 Å². The van der Waals surface area contributed by atoms with Gasteiger partial charge in [-0.2, -0.15) is 0 Å². The molecule has 0 spiro atoms. The van der Waals surface area contributed by atoms with Gasteiger partial charge in [0.25, 0.3) is 0 Å². The number of primary sulfonamides is 1. The number of sulfonamides is 1. The molecule has 0 amide bonds. The molecule has 2 rings (SSSR count). The molecule has 0 radical (unpaired) electrons. The van der Waals surface area contributed by atoms with Crippen molar-refractivity contribution in [3.8, 4) is 0 Å². The Morgan fingerprint density at radius 3 is 2.93 bits per heavy atom.